The fourth-order valence-electron chi connectivity index (χ4n) is 2.15. The normalized spacial score (nSPS) is 12.0. The smallest absolute Gasteiger partial charge is 0.235 e. The van der Waals surface area contributed by atoms with Crippen LogP contribution in [0.1, 0.15) is 26.3 Å². The summed E-state index contributed by atoms with van der Waals surface area (Å²) in [5, 5.41) is 12.1. The maximum absolute atomic E-state index is 12.3. The highest BCUT2D eigenvalue weighted by Gasteiger charge is 2.21. The van der Waals surface area contributed by atoms with Gasteiger partial charge in [0.2, 0.25) is 11.0 Å². The van der Waals surface area contributed by atoms with Gasteiger partial charge in [-0.3, -0.25) is 4.79 Å². The van der Waals surface area contributed by atoms with Crippen molar-refractivity contribution in [1.29, 1.82) is 0 Å². The maximum Gasteiger partial charge on any atom is 0.235 e. The van der Waals surface area contributed by atoms with E-state index in [-0.39, 0.29) is 11.2 Å². The molecule has 1 unspecified atom stereocenters. The molecular formula is C16H22N4OS2. The van der Waals surface area contributed by atoms with Gasteiger partial charge in [-0.2, -0.15) is 0 Å². The van der Waals surface area contributed by atoms with Gasteiger partial charge in [-0.05, 0) is 45.4 Å². The molecule has 1 heterocycles. The first-order valence-corrected chi connectivity index (χ1v) is 9.35. The molecule has 1 aromatic heterocycles. The van der Waals surface area contributed by atoms with Gasteiger partial charge in [0.25, 0.3) is 0 Å². The number of anilines is 2. The summed E-state index contributed by atoms with van der Waals surface area (Å²) in [5.74, 6) is 0.142. The number of nitrogens with zero attached hydrogens (tertiary/aromatic N) is 3. The number of benzene rings is 1. The standard InChI is InChI=1S/C16H22N4OS2/c1-5-20(6-2)14(21)12(4)22-16-19-18-15(23-16)17-13-9-7-8-11(3)10-13/h7-10,12H,5-6H2,1-4H3,(H,17,18). The average Bonchev–Trinajstić information content (AvgIpc) is 2.95. The van der Waals surface area contributed by atoms with Crippen molar-refractivity contribution >= 4 is 39.8 Å². The second kappa shape index (κ2) is 8.31. The second-order valence-corrected chi connectivity index (χ2v) is 7.70. The van der Waals surface area contributed by atoms with Gasteiger partial charge in [-0.1, -0.05) is 35.2 Å². The number of rotatable bonds is 7. The molecule has 0 aliphatic rings. The minimum absolute atomic E-state index is 0.142. The summed E-state index contributed by atoms with van der Waals surface area (Å²) in [7, 11) is 0. The van der Waals surface area contributed by atoms with Crippen molar-refractivity contribution in [2.45, 2.75) is 37.3 Å². The van der Waals surface area contributed by atoms with E-state index in [9.17, 15) is 4.79 Å². The fraction of sp³-hybridized carbons (Fsp3) is 0.438. The molecule has 7 heteroatoms. The number of aryl methyl sites for hydroxylation is 1. The van der Waals surface area contributed by atoms with Gasteiger partial charge in [0.1, 0.15) is 0 Å². The molecule has 1 aromatic carbocycles. The number of thioether (sulfide) groups is 1. The Hall–Kier alpha value is -1.60. The summed E-state index contributed by atoms with van der Waals surface area (Å²) in [5.41, 5.74) is 2.18. The Labute approximate surface area is 145 Å². The molecule has 0 saturated carbocycles. The SMILES string of the molecule is CCN(CC)C(=O)C(C)Sc1nnc(Nc2cccc(C)c2)s1. The van der Waals surface area contributed by atoms with Crippen LogP contribution in [0.3, 0.4) is 0 Å². The minimum Gasteiger partial charge on any atom is -0.342 e. The third-order valence-electron chi connectivity index (χ3n) is 3.38. The zero-order valence-electron chi connectivity index (χ0n) is 13.9. The van der Waals surface area contributed by atoms with Crippen molar-refractivity contribution in [3.8, 4) is 0 Å². The number of carbonyl (C=O) groups is 1. The van der Waals surface area contributed by atoms with E-state index in [1.807, 2.05) is 50.8 Å². The number of nitrogens with one attached hydrogen (secondary N) is 1. The summed E-state index contributed by atoms with van der Waals surface area (Å²) in [6.07, 6.45) is 0. The lowest BCUT2D eigenvalue weighted by atomic mass is 10.2. The molecule has 0 fully saturated rings. The van der Waals surface area contributed by atoms with Crippen molar-refractivity contribution in [2.24, 2.45) is 0 Å². The van der Waals surface area contributed by atoms with E-state index < -0.39 is 0 Å². The first-order chi connectivity index (χ1) is 11.0. The lowest BCUT2D eigenvalue weighted by Gasteiger charge is -2.21. The van der Waals surface area contributed by atoms with E-state index in [0.29, 0.717) is 0 Å². The van der Waals surface area contributed by atoms with E-state index in [1.54, 1.807) is 0 Å². The minimum atomic E-state index is -0.158. The Bertz CT molecular complexity index is 655. The molecular weight excluding hydrogens is 328 g/mol. The molecule has 124 valence electrons. The van der Waals surface area contributed by atoms with Crippen LogP contribution in [0.15, 0.2) is 28.6 Å². The Balaban J connectivity index is 1.98. The van der Waals surface area contributed by atoms with Crippen LogP contribution in [-0.2, 0) is 4.79 Å². The van der Waals surface area contributed by atoms with E-state index in [4.69, 9.17) is 0 Å². The van der Waals surface area contributed by atoms with Gasteiger partial charge in [-0.15, -0.1) is 10.2 Å². The molecule has 1 amide bonds. The Morgan fingerprint density at radius 3 is 2.74 bits per heavy atom. The maximum atomic E-state index is 12.3. The quantitative estimate of drug-likeness (QED) is 0.767. The second-order valence-electron chi connectivity index (χ2n) is 5.14. The third-order valence-corrected chi connectivity index (χ3v) is 5.39. The van der Waals surface area contributed by atoms with Crippen LogP contribution in [0.2, 0.25) is 0 Å². The predicted molar refractivity (Wildman–Crippen MR) is 97.6 cm³/mol. The zero-order valence-corrected chi connectivity index (χ0v) is 15.5. The van der Waals surface area contributed by atoms with Gasteiger partial charge in [0.15, 0.2) is 4.34 Å². The van der Waals surface area contributed by atoms with Crippen molar-refractivity contribution in [2.75, 3.05) is 18.4 Å². The number of hydrogen-bond donors (Lipinski definition) is 1. The Kier molecular flexibility index (Phi) is 6.41. The topological polar surface area (TPSA) is 58.1 Å². The van der Waals surface area contributed by atoms with Crippen molar-refractivity contribution in [3.05, 3.63) is 29.8 Å². The molecule has 23 heavy (non-hydrogen) atoms. The number of amides is 1. The van der Waals surface area contributed by atoms with Crippen LogP contribution < -0.4 is 5.32 Å². The van der Waals surface area contributed by atoms with E-state index in [1.165, 1.54) is 28.7 Å². The van der Waals surface area contributed by atoms with E-state index in [2.05, 4.69) is 21.6 Å². The van der Waals surface area contributed by atoms with Crippen LogP contribution in [-0.4, -0.2) is 39.3 Å². The summed E-state index contributed by atoms with van der Waals surface area (Å²) in [6.45, 7) is 9.42. The van der Waals surface area contributed by atoms with Crippen LogP contribution in [0, 0.1) is 6.92 Å². The molecule has 1 N–H and O–H groups in total. The first-order valence-electron chi connectivity index (χ1n) is 7.66. The number of hydrogen-bond acceptors (Lipinski definition) is 6. The van der Waals surface area contributed by atoms with E-state index >= 15 is 0 Å². The highest BCUT2D eigenvalue weighted by molar-refractivity contribution is 8.02. The van der Waals surface area contributed by atoms with Gasteiger partial charge in [0.05, 0.1) is 5.25 Å². The molecule has 2 aromatic rings. The first kappa shape index (κ1) is 17.7. The Morgan fingerprint density at radius 1 is 1.35 bits per heavy atom. The summed E-state index contributed by atoms with van der Waals surface area (Å²) in [4.78, 5) is 14.1. The molecule has 0 aliphatic heterocycles. The number of carbonyl (C=O) groups excluding carboxylic acids is 1. The number of aromatic nitrogens is 2. The monoisotopic (exact) mass is 350 g/mol. The molecule has 0 aliphatic carbocycles. The molecule has 1 atom stereocenters. The molecule has 0 bridgehead atoms. The largest absolute Gasteiger partial charge is 0.342 e. The van der Waals surface area contributed by atoms with Crippen LogP contribution in [0.25, 0.3) is 0 Å². The zero-order chi connectivity index (χ0) is 16.8. The molecule has 0 spiro atoms. The van der Waals surface area contributed by atoms with Gasteiger partial charge >= 0.3 is 0 Å². The Morgan fingerprint density at radius 2 is 2.09 bits per heavy atom. The third kappa shape index (κ3) is 4.94. The van der Waals surface area contributed by atoms with Crippen molar-refractivity contribution in [1.82, 2.24) is 15.1 Å². The highest BCUT2D eigenvalue weighted by Crippen LogP contribution is 2.31. The summed E-state index contributed by atoms with van der Waals surface area (Å²) >= 11 is 2.92. The van der Waals surface area contributed by atoms with Crippen LogP contribution in [0.5, 0.6) is 0 Å². The van der Waals surface area contributed by atoms with Crippen LogP contribution in [0.4, 0.5) is 10.8 Å². The predicted octanol–water partition coefficient (Wildman–Crippen LogP) is 3.94. The molecule has 0 radical (unpaired) electrons. The summed E-state index contributed by atoms with van der Waals surface area (Å²) < 4.78 is 0.799. The molecule has 2 rings (SSSR count). The van der Waals surface area contributed by atoms with Gasteiger partial charge in [-0.25, -0.2) is 0 Å². The lowest BCUT2D eigenvalue weighted by molar-refractivity contribution is -0.129. The van der Waals surface area contributed by atoms with Crippen molar-refractivity contribution < 1.29 is 4.79 Å². The van der Waals surface area contributed by atoms with Crippen molar-refractivity contribution in [3.63, 3.8) is 0 Å². The average molecular weight is 351 g/mol. The van der Waals surface area contributed by atoms with Gasteiger partial charge in [0, 0.05) is 18.8 Å². The van der Waals surface area contributed by atoms with Crippen LogP contribution >= 0.6 is 23.1 Å². The van der Waals surface area contributed by atoms with Gasteiger partial charge < -0.3 is 10.2 Å². The van der Waals surface area contributed by atoms with E-state index in [0.717, 1.165) is 28.2 Å². The fourth-order valence-corrected chi connectivity index (χ4v) is 4.15. The lowest BCUT2D eigenvalue weighted by Crippen LogP contribution is -2.36. The summed E-state index contributed by atoms with van der Waals surface area (Å²) in [6, 6.07) is 8.10. The molecule has 0 saturated heterocycles. The molecule has 5 nitrogen and oxygen atoms in total. The highest BCUT2D eigenvalue weighted by atomic mass is 32.2.